The number of imidazole rings is 1. The number of carbonyl (C=O) groups excluding carboxylic acids is 2. The Morgan fingerprint density at radius 1 is 1.00 bits per heavy atom. The Bertz CT molecular complexity index is 1290. The molecule has 0 saturated heterocycles. The third-order valence-corrected chi connectivity index (χ3v) is 5.85. The molecule has 6 nitrogen and oxygen atoms in total. The Labute approximate surface area is 197 Å². The number of fused-ring (bicyclic) bond motifs is 1. The van der Waals surface area contributed by atoms with Crippen molar-refractivity contribution in [2.75, 3.05) is 7.05 Å². The molecule has 0 saturated carbocycles. The second kappa shape index (κ2) is 9.88. The highest BCUT2D eigenvalue weighted by atomic mass is 35.5. The van der Waals surface area contributed by atoms with Crippen molar-refractivity contribution in [1.82, 2.24) is 19.8 Å². The molecule has 1 atom stereocenters. The summed E-state index contributed by atoms with van der Waals surface area (Å²) in [4.78, 5) is 32.3. The average molecular weight is 461 g/mol. The second-order valence-electron chi connectivity index (χ2n) is 7.96. The SMILES string of the molecule is CC(NC(=O)c1ccccc1Cl)c1nc2ccccc2n1CC(=O)N(C)Cc1ccccc1. The summed E-state index contributed by atoms with van der Waals surface area (Å²) in [5.41, 5.74) is 3.06. The first-order valence-electron chi connectivity index (χ1n) is 10.7. The molecule has 3 aromatic carbocycles. The van der Waals surface area contributed by atoms with E-state index in [9.17, 15) is 9.59 Å². The van der Waals surface area contributed by atoms with Crippen LogP contribution in [-0.4, -0.2) is 33.3 Å². The van der Waals surface area contributed by atoms with Gasteiger partial charge < -0.3 is 14.8 Å². The fraction of sp³-hybridized carbons (Fsp3) is 0.192. The van der Waals surface area contributed by atoms with Crippen LogP contribution in [0, 0.1) is 0 Å². The lowest BCUT2D eigenvalue weighted by Gasteiger charge is -2.20. The molecule has 0 spiro atoms. The zero-order valence-electron chi connectivity index (χ0n) is 18.5. The monoisotopic (exact) mass is 460 g/mol. The molecule has 2 amide bonds. The number of aromatic nitrogens is 2. The molecular formula is C26H25ClN4O2. The van der Waals surface area contributed by atoms with Gasteiger partial charge in [0.2, 0.25) is 5.91 Å². The van der Waals surface area contributed by atoms with Crippen LogP contribution >= 0.6 is 11.6 Å². The molecule has 0 aliphatic carbocycles. The highest BCUT2D eigenvalue weighted by Gasteiger charge is 2.22. The first kappa shape index (κ1) is 22.6. The third-order valence-electron chi connectivity index (χ3n) is 5.52. The van der Waals surface area contributed by atoms with Crippen LogP contribution in [-0.2, 0) is 17.9 Å². The van der Waals surface area contributed by atoms with Crippen molar-refractivity contribution < 1.29 is 9.59 Å². The van der Waals surface area contributed by atoms with Crippen LogP contribution < -0.4 is 5.32 Å². The molecule has 7 heteroatoms. The summed E-state index contributed by atoms with van der Waals surface area (Å²) in [7, 11) is 1.79. The van der Waals surface area contributed by atoms with Crippen LogP contribution in [0.3, 0.4) is 0 Å². The Hall–Kier alpha value is -3.64. The van der Waals surface area contributed by atoms with E-state index in [-0.39, 0.29) is 18.4 Å². The normalized spacial score (nSPS) is 11.8. The van der Waals surface area contributed by atoms with Gasteiger partial charge in [-0.05, 0) is 36.8 Å². The van der Waals surface area contributed by atoms with E-state index in [1.54, 1.807) is 36.2 Å². The summed E-state index contributed by atoms with van der Waals surface area (Å²) in [6.45, 7) is 2.48. The maximum atomic E-state index is 13.1. The Kier molecular flexibility index (Phi) is 6.75. The van der Waals surface area contributed by atoms with Crippen LogP contribution in [0.5, 0.6) is 0 Å². The zero-order valence-corrected chi connectivity index (χ0v) is 19.3. The maximum absolute atomic E-state index is 13.1. The standard InChI is InChI=1S/C26H25ClN4O2/c1-18(28-26(33)20-12-6-7-13-21(20)27)25-29-22-14-8-9-15-23(22)31(25)17-24(32)30(2)16-19-10-4-3-5-11-19/h3-15,18H,16-17H2,1-2H3,(H,28,33). The van der Waals surface area contributed by atoms with Crippen molar-refractivity contribution in [3.05, 3.63) is 101 Å². The van der Waals surface area contributed by atoms with E-state index in [0.29, 0.717) is 23.0 Å². The van der Waals surface area contributed by atoms with Crippen LogP contribution in [0.4, 0.5) is 0 Å². The molecule has 168 valence electrons. The highest BCUT2D eigenvalue weighted by Crippen LogP contribution is 2.22. The molecule has 1 unspecified atom stereocenters. The lowest BCUT2D eigenvalue weighted by atomic mass is 10.2. The molecule has 0 radical (unpaired) electrons. The number of hydrogen-bond donors (Lipinski definition) is 1. The molecule has 0 bridgehead atoms. The van der Waals surface area contributed by atoms with Gasteiger partial charge in [-0.1, -0.05) is 66.2 Å². The average Bonchev–Trinajstić information content (AvgIpc) is 3.18. The Morgan fingerprint density at radius 3 is 2.42 bits per heavy atom. The van der Waals surface area contributed by atoms with Gasteiger partial charge in [0.25, 0.3) is 5.91 Å². The number of halogens is 1. The molecule has 4 aromatic rings. The molecule has 33 heavy (non-hydrogen) atoms. The van der Waals surface area contributed by atoms with Gasteiger partial charge >= 0.3 is 0 Å². The van der Waals surface area contributed by atoms with Crippen molar-refractivity contribution in [2.45, 2.75) is 26.1 Å². The van der Waals surface area contributed by atoms with Crippen molar-refractivity contribution >= 4 is 34.4 Å². The van der Waals surface area contributed by atoms with Crippen LogP contribution in [0.25, 0.3) is 11.0 Å². The number of nitrogens with one attached hydrogen (secondary N) is 1. The third kappa shape index (κ3) is 5.07. The summed E-state index contributed by atoms with van der Waals surface area (Å²) in [5, 5.41) is 3.35. The fourth-order valence-corrected chi connectivity index (χ4v) is 4.00. The van der Waals surface area contributed by atoms with Gasteiger partial charge in [-0.2, -0.15) is 0 Å². The van der Waals surface area contributed by atoms with Crippen molar-refractivity contribution in [3.8, 4) is 0 Å². The zero-order chi connectivity index (χ0) is 23.4. The molecule has 1 aromatic heterocycles. The van der Waals surface area contributed by atoms with Gasteiger partial charge in [0.1, 0.15) is 12.4 Å². The number of benzene rings is 3. The summed E-state index contributed by atoms with van der Waals surface area (Å²) in [6.07, 6.45) is 0. The summed E-state index contributed by atoms with van der Waals surface area (Å²) in [6, 6.07) is 24.0. The van der Waals surface area contributed by atoms with Crippen LogP contribution in [0.2, 0.25) is 5.02 Å². The number of carbonyl (C=O) groups is 2. The predicted molar refractivity (Wildman–Crippen MR) is 130 cm³/mol. The number of para-hydroxylation sites is 2. The topological polar surface area (TPSA) is 67.2 Å². The Balaban J connectivity index is 1.58. The van der Waals surface area contributed by atoms with E-state index >= 15 is 0 Å². The number of hydrogen-bond acceptors (Lipinski definition) is 3. The molecule has 1 N–H and O–H groups in total. The molecule has 0 aliphatic heterocycles. The highest BCUT2D eigenvalue weighted by molar-refractivity contribution is 6.33. The molecule has 0 fully saturated rings. The molecular weight excluding hydrogens is 436 g/mol. The first-order chi connectivity index (χ1) is 15.9. The number of nitrogens with zero attached hydrogens (tertiary/aromatic N) is 3. The van der Waals surface area contributed by atoms with Gasteiger partial charge in [-0.15, -0.1) is 0 Å². The minimum absolute atomic E-state index is 0.0483. The molecule has 1 heterocycles. The second-order valence-corrected chi connectivity index (χ2v) is 8.36. The van der Waals surface area contributed by atoms with E-state index in [4.69, 9.17) is 16.6 Å². The van der Waals surface area contributed by atoms with Crippen LogP contribution in [0.1, 0.15) is 34.7 Å². The minimum Gasteiger partial charge on any atom is -0.342 e. The van der Waals surface area contributed by atoms with Gasteiger partial charge in [-0.3, -0.25) is 9.59 Å². The van der Waals surface area contributed by atoms with Crippen molar-refractivity contribution in [1.29, 1.82) is 0 Å². The summed E-state index contributed by atoms with van der Waals surface area (Å²) >= 11 is 6.18. The van der Waals surface area contributed by atoms with Crippen LogP contribution in [0.15, 0.2) is 78.9 Å². The van der Waals surface area contributed by atoms with Gasteiger partial charge in [0, 0.05) is 13.6 Å². The van der Waals surface area contributed by atoms with E-state index in [1.165, 1.54) is 0 Å². The van der Waals surface area contributed by atoms with E-state index in [2.05, 4.69) is 5.32 Å². The van der Waals surface area contributed by atoms with Crippen molar-refractivity contribution in [3.63, 3.8) is 0 Å². The Morgan fingerprint density at radius 2 is 1.67 bits per heavy atom. The van der Waals surface area contributed by atoms with E-state index < -0.39 is 6.04 Å². The predicted octanol–water partition coefficient (Wildman–Crippen LogP) is 4.84. The quantitative estimate of drug-likeness (QED) is 0.429. The smallest absolute Gasteiger partial charge is 0.253 e. The van der Waals surface area contributed by atoms with Gasteiger partial charge in [0.15, 0.2) is 0 Å². The molecule has 4 rings (SSSR count). The largest absolute Gasteiger partial charge is 0.342 e. The van der Waals surface area contributed by atoms with Gasteiger partial charge in [-0.25, -0.2) is 4.98 Å². The van der Waals surface area contributed by atoms with E-state index in [0.717, 1.165) is 16.6 Å². The minimum atomic E-state index is -0.437. The maximum Gasteiger partial charge on any atom is 0.253 e. The lowest BCUT2D eigenvalue weighted by Crippen LogP contribution is -2.33. The number of amides is 2. The van der Waals surface area contributed by atoms with Crippen molar-refractivity contribution in [2.24, 2.45) is 0 Å². The number of rotatable bonds is 7. The lowest BCUT2D eigenvalue weighted by molar-refractivity contribution is -0.131. The van der Waals surface area contributed by atoms with E-state index in [1.807, 2.05) is 66.1 Å². The summed E-state index contributed by atoms with van der Waals surface area (Å²) in [5.74, 6) is 0.269. The van der Waals surface area contributed by atoms with Gasteiger partial charge in [0.05, 0.1) is 27.7 Å². The first-order valence-corrected chi connectivity index (χ1v) is 11.1. The summed E-state index contributed by atoms with van der Waals surface area (Å²) < 4.78 is 1.87. The fourth-order valence-electron chi connectivity index (χ4n) is 3.78. The number of likely N-dealkylation sites (N-methyl/N-ethyl adjacent to an activating group) is 1. The molecule has 0 aliphatic rings.